The summed E-state index contributed by atoms with van der Waals surface area (Å²) < 4.78 is 7.50. The number of rotatable bonds is 5. The number of para-hydroxylation sites is 1. The molecule has 9 nitrogen and oxygen atoms in total. The fourth-order valence-electron chi connectivity index (χ4n) is 3.65. The molecule has 0 saturated heterocycles. The van der Waals surface area contributed by atoms with E-state index < -0.39 is 6.16 Å². The highest BCUT2D eigenvalue weighted by molar-refractivity contribution is 5.70. The van der Waals surface area contributed by atoms with Gasteiger partial charge in [-0.05, 0) is 31.4 Å². The first-order chi connectivity index (χ1) is 14.5. The van der Waals surface area contributed by atoms with Crippen LogP contribution >= 0.6 is 0 Å². The molecule has 0 spiro atoms. The Kier molecular flexibility index (Phi) is 7.05. The van der Waals surface area contributed by atoms with Crippen LogP contribution in [0.25, 0.3) is 11.2 Å². The second kappa shape index (κ2) is 9.91. The van der Waals surface area contributed by atoms with Gasteiger partial charge in [0, 0.05) is 12.5 Å². The molecule has 30 heavy (non-hydrogen) atoms. The molecular weight excluding hydrogens is 388 g/mol. The van der Waals surface area contributed by atoms with E-state index in [4.69, 9.17) is 19.7 Å². The lowest BCUT2D eigenvalue weighted by Gasteiger charge is -2.18. The van der Waals surface area contributed by atoms with Gasteiger partial charge in [-0.3, -0.25) is 9.36 Å². The van der Waals surface area contributed by atoms with Crippen LogP contribution < -0.4 is 10.3 Å². The van der Waals surface area contributed by atoms with E-state index in [-0.39, 0.29) is 5.56 Å². The van der Waals surface area contributed by atoms with Crippen LogP contribution in [0.2, 0.25) is 0 Å². The van der Waals surface area contributed by atoms with E-state index in [1.807, 2.05) is 37.3 Å². The van der Waals surface area contributed by atoms with Gasteiger partial charge in [0.25, 0.3) is 5.56 Å². The Morgan fingerprint density at radius 2 is 1.83 bits per heavy atom. The van der Waals surface area contributed by atoms with Crippen molar-refractivity contribution < 1.29 is 19.7 Å². The van der Waals surface area contributed by atoms with E-state index in [0.29, 0.717) is 35.4 Å². The number of carbonyl (C=O) groups is 1. The Morgan fingerprint density at radius 1 is 1.17 bits per heavy atom. The number of hydrogen-bond acceptors (Lipinski definition) is 5. The van der Waals surface area contributed by atoms with Crippen LogP contribution in [0, 0.1) is 0 Å². The Hall–Kier alpha value is -3.36. The van der Waals surface area contributed by atoms with Crippen molar-refractivity contribution in [1.29, 1.82) is 0 Å². The van der Waals surface area contributed by atoms with Gasteiger partial charge in [0.2, 0.25) is 0 Å². The second-order valence-corrected chi connectivity index (χ2v) is 7.20. The molecule has 2 heterocycles. The molecule has 1 fully saturated rings. The van der Waals surface area contributed by atoms with Gasteiger partial charge in [0.15, 0.2) is 11.2 Å². The monoisotopic (exact) mass is 414 g/mol. The molecule has 2 aromatic heterocycles. The average Bonchev–Trinajstić information content (AvgIpc) is 3.16. The Bertz CT molecular complexity index is 1030. The fourth-order valence-corrected chi connectivity index (χ4v) is 3.65. The summed E-state index contributed by atoms with van der Waals surface area (Å²) in [6.45, 7) is 2.59. The average molecular weight is 414 g/mol. The van der Waals surface area contributed by atoms with Gasteiger partial charge in [-0.25, -0.2) is 9.78 Å². The number of nitrogens with zero attached hydrogens (tertiary/aromatic N) is 3. The Balaban J connectivity index is 0.000000589. The van der Waals surface area contributed by atoms with Crippen LogP contribution in [-0.2, 0) is 6.54 Å². The Morgan fingerprint density at radius 3 is 2.47 bits per heavy atom. The lowest BCUT2D eigenvalue weighted by atomic mass is 9.89. The number of benzene rings is 1. The van der Waals surface area contributed by atoms with Crippen LogP contribution in [-0.4, -0.2) is 35.9 Å². The number of nitrogens with one attached hydrogen (secondary N) is 1. The number of H-pyrrole nitrogens is 1. The van der Waals surface area contributed by atoms with Gasteiger partial charge >= 0.3 is 12.2 Å². The molecule has 0 amide bonds. The zero-order valence-corrected chi connectivity index (χ0v) is 16.9. The summed E-state index contributed by atoms with van der Waals surface area (Å²) in [5.74, 6) is 1.95. The van der Waals surface area contributed by atoms with E-state index in [9.17, 15) is 4.79 Å². The highest BCUT2D eigenvalue weighted by Crippen LogP contribution is 2.31. The number of ether oxygens (including phenoxy) is 1. The van der Waals surface area contributed by atoms with Crippen molar-refractivity contribution in [3.63, 3.8) is 0 Å². The molecule has 3 N–H and O–H groups in total. The molecular formula is C21H26N4O5. The lowest BCUT2D eigenvalue weighted by Crippen LogP contribution is -2.23. The third-order valence-corrected chi connectivity index (χ3v) is 4.99. The summed E-state index contributed by atoms with van der Waals surface area (Å²) in [6, 6.07) is 9.72. The molecule has 160 valence electrons. The molecule has 0 aliphatic heterocycles. The summed E-state index contributed by atoms with van der Waals surface area (Å²) in [7, 11) is 0. The van der Waals surface area contributed by atoms with Gasteiger partial charge in [-0.15, -0.1) is 0 Å². The SMILES string of the molecule is CCCn1c(Oc2ccccc2)nc2nc(C3CCCCC3)[nH]c2c1=O.O=C(O)O. The fraction of sp³-hybridized carbons (Fsp3) is 0.429. The highest BCUT2D eigenvalue weighted by Gasteiger charge is 2.22. The molecule has 1 aromatic carbocycles. The van der Waals surface area contributed by atoms with Crippen LogP contribution in [0.1, 0.15) is 57.2 Å². The lowest BCUT2D eigenvalue weighted by molar-refractivity contribution is 0.137. The van der Waals surface area contributed by atoms with E-state index >= 15 is 0 Å². The zero-order chi connectivity index (χ0) is 21.5. The van der Waals surface area contributed by atoms with Crippen molar-refractivity contribution in [2.75, 3.05) is 0 Å². The normalized spacial score (nSPS) is 14.2. The molecule has 0 atom stereocenters. The van der Waals surface area contributed by atoms with E-state index in [1.54, 1.807) is 4.57 Å². The van der Waals surface area contributed by atoms with Gasteiger partial charge in [0.05, 0.1) is 0 Å². The highest BCUT2D eigenvalue weighted by atomic mass is 16.6. The van der Waals surface area contributed by atoms with E-state index in [2.05, 4.69) is 15.0 Å². The maximum Gasteiger partial charge on any atom is 0.503 e. The topological polar surface area (TPSA) is 130 Å². The summed E-state index contributed by atoms with van der Waals surface area (Å²) in [5, 5.41) is 13.9. The molecule has 1 saturated carbocycles. The van der Waals surface area contributed by atoms with Gasteiger partial charge in [-0.1, -0.05) is 44.4 Å². The number of fused-ring (bicyclic) bond motifs is 1. The molecule has 1 aliphatic carbocycles. The Labute approximate surface area is 173 Å². The first-order valence-electron chi connectivity index (χ1n) is 10.1. The summed E-state index contributed by atoms with van der Waals surface area (Å²) >= 11 is 0. The van der Waals surface area contributed by atoms with Gasteiger partial charge in [0.1, 0.15) is 11.6 Å². The third-order valence-electron chi connectivity index (χ3n) is 4.99. The number of aromatic nitrogens is 4. The smallest absolute Gasteiger partial charge is 0.450 e. The molecule has 1 aliphatic rings. The first kappa shape index (κ1) is 21.4. The summed E-state index contributed by atoms with van der Waals surface area (Å²) in [4.78, 5) is 34.0. The molecule has 9 heteroatoms. The minimum absolute atomic E-state index is 0.114. The second-order valence-electron chi connectivity index (χ2n) is 7.20. The zero-order valence-electron chi connectivity index (χ0n) is 16.9. The number of carboxylic acid groups (broad SMARTS) is 2. The van der Waals surface area contributed by atoms with Crippen LogP contribution in [0.3, 0.4) is 0 Å². The molecule has 0 bridgehead atoms. The van der Waals surface area contributed by atoms with Crippen molar-refractivity contribution in [3.05, 3.63) is 46.5 Å². The third kappa shape index (κ3) is 5.16. The quantitative estimate of drug-likeness (QED) is 0.556. The molecule has 0 radical (unpaired) electrons. The number of aromatic amines is 1. The van der Waals surface area contributed by atoms with Gasteiger partial charge < -0.3 is 19.9 Å². The van der Waals surface area contributed by atoms with E-state index in [0.717, 1.165) is 25.1 Å². The number of hydrogen-bond donors (Lipinski definition) is 3. The van der Waals surface area contributed by atoms with Crippen LogP contribution in [0.15, 0.2) is 35.1 Å². The van der Waals surface area contributed by atoms with Crippen molar-refractivity contribution >= 4 is 17.3 Å². The van der Waals surface area contributed by atoms with Crippen molar-refractivity contribution in [2.24, 2.45) is 0 Å². The van der Waals surface area contributed by atoms with Crippen LogP contribution in [0.5, 0.6) is 11.8 Å². The largest absolute Gasteiger partial charge is 0.503 e. The van der Waals surface area contributed by atoms with Crippen molar-refractivity contribution in [1.82, 2.24) is 19.5 Å². The first-order valence-corrected chi connectivity index (χ1v) is 10.1. The maximum atomic E-state index is 13.0. The minimum atomic E-state index is -1.83. The predicted octanol–water partition coefficient (Wildman–Crippen LogP) is 4.59. The molecule has 3 aromatic rings. The van der Waals surface area contributed by atoms with Gasteiger partial charge in [-0.2, -0.15) is 4.98 Å². The van der Waals surface area contributed by atoms with Crippen molar-refractivity contribution in [3.8, 4) is 11.8 Å². The minimum Gasteiger partial charge on any atom is -0.450 e. The molecule has 4 rings (SSSR count). The molecule has 0 unspecified atom stereocenters. The summed E-state index contributed by atoms with van der Waals surface area (Å²) in [6.07, 6.45) is 4.96. The predicted molar refractivity (Wildman–Crippen MR) is 111 cm³/mol. The standard InChI is InChI=1S/C20H24N4O2.CH2O3/c1-2-13-24-19(25)16-18(22-17(21-16)14-9-5-3-6-10-14)23-20(24)26-15-11-7-4-8-12-15;2-1(3)4/h4,7-8,11-12,14H,2-3,5-6,9-10,13H2,1H3,(H,21,22);(H2,2,3,4). The van der Waals surface area contributed by atoms with Crippen LogP contribution in [0.4, 0.5) is 4.79 Å². The number of imidazole rings is 1. The maximum absolute atomic E-state index is 13.0. The van der Waals surface area contributed by atoms with E-state index in [1.165, 1.54) is 19.3 Å². The summed E-state index contributed by atoms with van der Waals surface area (Å²) in [5.41, 5.74) is 0.825. The van der Waals surface area contributed by atoms with Crippen molar-refractivity contribution in [2.45, 2.75) is 57.9 Å².